The van der Waals surface area contributed by atoms with Crippen LogP contribution < -0.4 is 5.32 Å². The summed E-state index contributed by atoms with van der Waals surface area (Å²) in [6.07, 6.45) is 2.92. The van der Waals surface area contributed by atoms with Gasteiger partial charge in [0, 0.05) is 12.3 Å². The number of rotatable bonds is 2. The number of amides is 1. The van der Waals surface area contributed by atoms with E-state index in [1.54, 1.807) is 12.1 Å². The highest BCUT2D eigenvalue weighted by molar-refractivity contribution is 6.32. The first kappa shape index (κ1) is 9.67. The predicted octanol–water partition coefficient (Wildman–Crippen LogP) is 1.98. The molecule has 0 radical (unpaired) electrons. The van der Waals surface area contributed by atoms with Gasteiger partial charge in [0.2, 0.25) is 5.76 Å². The molecule has 0 atom stereocenters. The molecule has 0 unspecified atom stereocenters. The van der Waals surface area contributed by atoms with Crippen molar-refractivity contribution in [3.63, 3.8) is 0 Å². The molecular weight excluding hydrogens is 218 g/mol. The fourth-order valence-corrected chi connectivity index (χ4v) is 1.16. The molecule has 0 fully saturated rings. The first-order chi connectivity index (χ1) is 7.27. The van der Waals surface area contributed by atoms with E-state index in [0.717, 1.165) is 0 Å². The molecule has 0 spiro atoms. The van der Waals surface area contributed by atoms with Crippen LogP contribution in [0.25, 0.3) is 0 Å². The maximum absolute atomic E-state index is 11.5. The number of carbonyl (C=O) groups is 1. The van der Waals surface area contributed by atoms with Crippen LogP contribution in [-0.2, 0) is 0 Å². The van der Waals surface area contributed by atoms with Gasteiger partial charge in [-0.1, -0.05) is 16.8 Å². The van der Waals surface area contributed by atoms with Crippen molar-refractivity contribution in [2.24, 2.45) is 0 Å². The van der Waals surface area contributed by atoms with Crippen LogP contribution in [0.2, 0.25) is 5.15 Å². The zero-order chi connectivity index (χ0) is 10.7. The van der Waals surface area contributed by atoms with Gasteiger partial charge in [-0.3, -0.25) is 4.79 Å². The molecule has 0 bridgehead atoms. The number of carbonyl (C=O) groups excluding carboxylic acids is 1. The molecule has 2 aromatic rings. The summed E-state index contributed by atoms with van der Waals surface area (Å²) in [4.78, 5) is 15.3. The van der Waals surface area contributed by atoms with E-state index in [-0.39, 0.29) is 10.9 Å². The van der Waals surface area contributed by atoms with Crippen LogP contribution in [0.4, 0.5) is 5.69 Å². The van der Waals surface area contributed by atoms with Crippen LogP contribution >= 0.6 is 11.6 Å². The minimum absolute atomic E-state index is 0.120. The van der Waals surface area contributed by atoms with Crippen LogP contribution in [0.5, 0.6) is 0 Å². The summed E-state index contributed by atoms with van der Waals surface area (Å²) in [7, 11) is 0. The molecule has 76 valence electrons. The number of halogens is 1. The summed E-state index contributed by atoms with van der Waals surface area (Å²) < 4.78 is 4.68. The van der Waals surface area contributed by atoms with Gasteiger partial charge in [0.25, 0.3) is 5.91 Å². The number of hydrogen-bond acceptors (Lipinski definition) is 4. The Bertz CT molecular complexity index is 470. The predicted molar refractivity (Wildman–Crippen MR) is 53.7 cm³/mol. The SMILES string of the molecule is O=C(Nc1cccnc1Cl)c1ccno1. The third kappa shape index (κ3) is 2.13. The zero-order valence-electron chi connectivity index (χ0n) is 7.48. The standard InChI is InChI=1S/C9H6ClN3O2/c10-8-6(2-1-4-11-8)13-9(14)7-3-5-12-15-7/h1-5H,(H,13,14). The van der Waals surface area contributed by atoms with Crippen molar-refractivity contribution in [2.75, 3.05) is 5.32 Å². The quantitative estimate of drug-likeness (QED) is 0.791. The topological polar surface area (TPSA) is 68.0 Å². The summed E-state index contributed by atoms with van der Waals surface area (Å²) in [5.41, 5.74) is 0.431. The summed E-state index contributed by atoms with van der Waals surface area (Å²) in [6, 6.07) is 4.77. The normalized spacial score (nSPS) is 9.93. The lowest BCUT2D eigenvalue weighted by molar-refractivity contribution is 0.0988. The average Bonchev–Trinajstić information content (AvgIpc) is 2.74. The van der Waals surface area contributed by atoms with Crippen LogP contribution in [0.1, 0.15) is 10.6 Å². The van der Waals surface area contributed by atoms with E-state index in [1.807, 2.05) is 0 Å². The van der Waals surface area contributed by atoms with E-state index in [9.17, 15) is 4.79 Å². The second kappa shape index (κ2) is 4.10. The van der Waals surface area contributed by atoms with Crippen molar-refractivity contribution in [2.45, 2.75) is 0 Å². The van der Waals surface area contributed by atoms with E-state index in [2.05, 4.69) is 20.0 Å². The Labute approximate surface area is 90.1 Å². The zero-order valence-corrected chi connectivity index (χ0v) is 8.23. The molecular formula is C9H6ClN3O2. The summed E-state index contributed by atoms with van der Waals surface area (Å²) in [6.45, 7) is 0. The first-order valence-corrected chi connectivity index (χ1v) is 4.48. The molecule has 5 nitrogen and oxygen atoms in total. The smallest absolute Gasteiger partial charge is 0.294 e. The second-order valence-electron chi connectivity index (χ2n) is 2.67. The minimum atomic E-state index is -0.414. The molecule has 2 heterocycles. The van der Waals surface area contributed by atoms with E-state index in [0.29, 0.717) is 5.69 Å². The van der Waals surface area contributed by atoms with E-state index in [4.69, 9.17) is 11.6 Å². The fraction of sp³-hybridized carbons (Fsp3) is 0. The largest absolute Gasteiger partial charge is 0.351 e. The van der Waals surface area contributed by atoms with Crippen molar-refractivity contribution in [1.29, 1.82) is 0 Å². The van der Waals surface area contributed by atoms with E-state index >= 15 is 0 Å². The van der Waals surface area contributed by atoms with Crippen LogP contribution in [0, 0.1) is 0 Å². The molecule has 2 rings (SSSR count). The highest BCUT2D eigenvalue weighted by atomic mass is 35.5. The second-order valence-corrected chi connectivity index (χ2v) is 3.03. The fourth-order valence-electron chi connectivity index (χ4n) is 0.996. The highest BCUT2D eigenvalue weighted by Gasteiger charge is 2.11. The Hall–Kier alpha value is -1.88. The lowest BCUT2D eigenvalue weighted by Gasteiger charge is -2.02. The molecule has 0 saturated carbocycles. The molecule has 0 aliphatic carbocycles. The van der Waals surface area contributed by atoms with Gasteiger partial charge >= 0.3 is 0 Å². The van der Waals surface area contributed by atoms with Gasteiger partial charge in [-0.05, 0) is 12.1 Å². The van der Waals surface area contributed by atoms with Gasteiger partial charge < -0.3 is 9.84 Å². The third-order valence-electron chi connectivity index (χ3n) is 1.67. The van der Waals surface area contributed by atoms with Crippen LogP contribution in [-0.4, -0.2) is 16.0 Å². The van der Waals surface area contributed by atoms with Gasteiger partial charge in [-0.25, -0.2) is 4.98 Å². The van der Waals surface area contributed by atoms with Crippen molar-refractivity contribution < 1.29 is 9.32 Å². The molecule has 1 amide bonds. The van der Waals surface area contributed by atoms with Crippen molar-refractivity contribution in [3.05, 3.63) is 41.5 Å². The molecule has 15 heavy (non-hydrogen) atoms. The minimum Gasteiger partial charge on any atom is -0.351 e. The Morgan fingerprint density at radius 1 is 1.40 bits per heavy atom. The number of anilines is 1. The monoisotopic (exact) mass is 223 g/mol. The number of pyridine rings is 1. The van der Waals surface area contributed by atoms with Crippen molar-refractivity contribution >= 4 is 23.2 Å². The van der Waals surface area contributed by atoms with Crippen LogP contribution in [0.15, 0.2) is 35.1 Å². The van der Waals surface area contributed by atoms with E-state index in [1.165, 1.54) is 18.5 Å². The summed E-state index contributed by atoms with van der Waals surface area (Å²) in [5.74, 6) is -0.294. The molecule has 1 N–H and O–H groups in total. The number of hydrogen-bond donors (Lipinski definition) is 1. The summed E-state index contributed by atoms with van der Waals surface area (Å²) >= 11 is 5.76. The Balaban J connectivity index is 2.17. The van der Waals surface area contributed by atoms with Gasteiger partial charge in [-0.15, -0.1) is 0 Å². The molecule has 0 aliphatic heterocycles. The lowest BCUT2D eigenvalue weighted by atomic mass is 10.4. The number of nitrogens with zero attached hydrogens (tertiary/aromatic N) is 2. The Morgan fingerprint density at radius 3 is 2.93 bits per heavy atom. The molecule has 0 aliphatic rings. The molecule has 0 saturated heterocycles. The van der Waals surface area contributed by atoms with Crippen molar-refractivity contribution in [3.8, 4) is 0 Å². The summed E-state index contributed by atoms with van der Waals surface area (Å²) in [5, 5.41) is 6.20. The molecule has 6 heteroatoms. The molecule has 2 aromatic heterocycles. The number of nitrogens with one attached hydrogen (secondary N) is 1. The van der Waals surface area contributed by atoms with Gasteiger partial charge in [0.05, 0.1) is 11.9 Å². The van der Waals surface area contributed by atoms with Gasteiger partial charge in [0.1, 0.15) is 0 Å². The van der Waals surface area contributed by atoms with E-state index < -0.39 is 5.91 Å². The lowest BCUT2D eigenvalue weighted by Crippen LogP contribution is -2.11. The maximum atomic E-state index is 11.5. The first-order valence-electron chi connectivity index (χ1n) is 4.10. The Morgan fingerprint density at radius 2 is 2.27 bits per heavy atom. The molecule has 0 aromatic carbocycles. The average molecular weight is 224 g/mol. The number of aromatic nitrogens is 2. The Kier molecular flexibility index (Phi) is 2.64. The van der Waals surface area contributed by atoms with Crippen LogP contribution in [0.3, 0.4) is 0 Å². The van der Waals surface area contributed by atoms with Gasteiger partial charge in [-0.2, -0.15) is 0 Å². The highest BCUT2D eigenvalue weighted by Crippen LogP contribution is 2.18. The van der Waals surface area contributed by atoms with Gasteiger partial charge in [0.15, 0.2) is 5.15 Å². The third-order valence-corrected chi connectivity index (χ3v) is 1.97. The maximum Gasteiger partial charge on any atom is 0.294 e. The van der Waals surface area contributed by atoms with Crippen molar-refractivity contribution in [1.82, 2.24) is 10.1 Å².